The number of nitrogens with zero attached hydrogens (tertiary/aromatic N) is 4. The van der Waals surface area contributed by atoms with Crippen LogP contribution in [0.25, 0.3) is 11.0 Å². The fourth-order valence-corrected chi connectivity index (χ4v) is 4.53. The van der Waals surface area contributed by atoms with Gasteiger partial charge in [-0.3, -0.25) is 10.3 Å². The second-order valence-electron chi connectivity index (χ2n) is 8.51. The molecule has 1 unspecified atom stereocenters. The van der Waals surface area contributed by atoms with E-state index in [4.69, 9.17) is 9.47 Å². The SMILES string of the molecule is OC(NC1CCC(Oc2cc(N3CCOCC3)cc3nccnc23)CC1)c1cccc(F)n1. The number of rotatable bonds is 6. The molecular weight excluding hydrogens is 425 g/mol. The van der Waals surface area contributed by atoms with Crippen molar-refractivity contribution < 1.29 is 19.0 Å². The number of hydrogen-bond acceptors (Lipinski definition) is 8. The summed E-state index contributed by atoms with van der Waals surface area (Å²) in [6.45, 7) is 3.10. The average molecular weight is 454 g/mol. The molecular formula is C24H28FN5O3. The Labute approximate surface area is 191 Å². The number of hydrogen-bond donors (Lipinski definition) is 2. The predicted octanol–water partition coefficient (Wildman–Crippen LogP) is 2.97. The molecule has 1 saturated carbocycles. The number of aliphatic hydroxyl groups is 1. The quantitative estimate of drug-likeness (QED) is 0.435. The molecule has 0 spiro atoms. The topological polar surface area (TPSA) is 92.6 Å². The van der Waals surface area contributed by atoms with Gasteiger partial charge in [-0.25, -0.2) is 9.97 Å². The van der Waals surface area contributed by atoms with E-state index in [0.717, 1.165) is 61.2 Å². The molecule has 1 aliphatic carbocycles. The first-order valence-corrected chi connectivity index (χ1v) is 11.5. The average Bonchev–Trinajstić information content (AvgIpc) is 2.85. The van der Waals surface area contributed by atoms with Crippen molar-refractivity contribution in [2.75, 3.05) is 31.2 Å². The third-order valence-electron chi connectivity index (χ3n) is 6.28. The van der Waals surface area contributed by atoms with E-state index >= 15 is 0 Å². The maximum Gasteiger partial charge on any atom is 0.213 e. The maximum absolute atomic E-state index is 13.3. The highest BCUT2D eigenvalue weighted by molar-refractivity contribution is 5.85. The van der Waals surface area contributed by atoms with Crippen molar-refractivity contribution in [2.45, 2.75) is 44.1 Å². The summed E-state index contributed by atoms with van der Waals surface area (Å²) in [5.74, 6) is 0.155. The molecule has 1 saturated heterocycles. The second-order valence-corrected chi connectivity index (χ2v) is 8.51. The lowest BCUT2D eigenvalue weighted by molar-refractivity contribution is 0.0861. The zero-order valence-electron chi connectivity index (χ0n) is 18.4. The van der Waals surface area contributed by atoms with Crippen LogP contribution in [0.5, 0.6) is 5.75 Å². The first-order chi connectivity index (χ1) is 16.2. The molecule has 2 fully saturated rings. The Kier molecular flexibility index (Phi) is 6.61. The lowest BCUT2D eigenvalue weighted by Gasteiger charge is -2.32. The molecule has 0 amide bonds. The summed E-state index contributed by atoms with van der Waals surface area (Å²) in [5.41, 5.74) is 2.95. The van der Waals surface area contributed by atoms with Crippen LogP contribution in [-0.4, -0.2) is 58.5 Å². The summed E-state index contributed by atoms with van der Waals surface area (Å²) < 4.78 is 25.3. The molecule has 2 N–H and O–H groups in total. The van der Waals surface area contributed by atoms with Crippen molar-refractivity contribution in [3.8, 4) is 5.75 Å². The van der Waals surface area contributed by atoms with Crippen LogP contribution in [0.4, 0.5) is 10.1 Å². The van der Waals surface area contributed by atoms with Gasteiger partial charge in [-0.15, -0.1) is 0 Å². The number of aromatic nitrogens is 3. The number of benzene rings is 1. The third-order valence-corrected chi connectivity index (χ3v) is 6.28. The van der Waals surface area contributed by atoms with E-state index in [1.165, 1.54) is 6.07 Å². The van der Waals surface area contributed by atoms with Crippen molar-refractivity contribution in [1.82, 2.24) is 20.3 Å². The van der Waals surface area contributed by atoms with Crippen LogP contribution in [0, 0.1) is 5.95 Å². The van der Waals surface area contributed by atoms with Gasteiger partial charge >= 0.3 is 0 Å². The molecule has 3 aromatic rings. The van der Waals surface area contributed by atoms with Gasteiger partial charge in [-0.2, -0.15) is 4.39 Å². The van der Waals surface area contributed by atoms with Crippen molar-refractivity contribution in [1.29, 1.82) is 0 Å². The van der Waals surface area contributed by atoms with Gasteiger partial charge in [0, 0.05) is 43.3 Å². The van der Waals surface area contributed by atoms with Crippen LogP contribution in [0.2, 0.25) is 0 Å². The molecule has 174 valence electrons. The molecule has 2 aromatic heterocycles. The third kappa shape index (κ3) is 5.21. The Balaban J connectivity index is 1.24. The number of nitrogens with one attached hydrogen (secondary N) is 1. The van der Waals surface area contributed by atoms with Crippen molar-refractivity contribution >= 4 is 16.7 Å². The fraction of sp³-hybridized carbons (Fsp3) is 0.458. The molecule has 2 aliphatic rings. The van der Waals surface area contributed by atoms with E-state index in [0.29, 0.717) is 18.9 Å². The number of pyridine rings is 1. The van der Waals surface area contributed by atoms with Gasteiger partial charge in [0.05, 0.1) is 30.5 Å². The van der Waals surface area contributed by atoms with E-state index in [-0.39, 0.29) is 12.1 Å². The largest absolute Gasteiger partial charge is 0.488 e. The molecule has 1 aliphatic heterocycles. The molecule has 0 radical (unpaired) electrons. The van der Waals surface area contributed by atoms with Crippen molar-refractivity contribution in [2.24, 2.45) is 0 Å². The summed E-state index contributed by atoms with van der Waals surface area (Å²) in [4.78, 5) is 15.1. The summed E-state index contributed by atoms with van der Waals surface area (Å²) in [7, 11) is 0. The smallest absolute Gasteiger partial charge is 0.213 e. The van der Waals surface area contributed by atoms with E-state index in [9.17, 15) is 9.50 Å². The van der Waals surface area contributed by atoms with Gasteiger partial charge < -0.3 is 19.5 Å². The number of aliphatic hydroxyl groups excluding tert-OH is 1. The lowest BCUT2D eigenvalue weighted by atomic mass is 9.92. The molecule has 9 heteroatoms. The number of ether oxygens (including phenoxy) is 2. The highest BCUT2D eigenvalue weighted by atomic mass is 19.1. The molecule has 8 nitrogen and oxygen atoms in total. The van der Waals surface area contributed by atoms with Crippen molar-refractivity contribution in [3.63, 3.8) is 0 Å². The van der Waals surface area contributed by atoms with Gasteiger partial charge in [-0.05, 0) is 43.9 Å². The Hall–Kier alpha value is -2.88. The van der Waals surface area contributed by atoms with Crippen molar-refractivity contribution in [3.05, 3.63) is 54.4 Å². The van der Waals surface area contributed by atoms with Crippen LogP contribution in [0.3, 0.4) is 0 Å². The minimum atomic E-state index is -0.993. The van der Waals surface area contributed by atoms with E-state index < -0.39 is 12.2 Å². The van der Waals surface area contributed by atoms with Gasteiger partial charge in [0.2, 0.25) is 5.95 Å². The number of anilines is 1. The van der Waals surface area contributed by atoms with Gasteiger partial charge in [0.25, 0.3) is 0 Å². The van der Waals surface area contributed by atoms with E-state index in [1.807, 2.05) is 0 Å². The highest BCUT2D eigenvalue weighted by Gasteiger charge is 2.26. The van der Waals surface area contributed by atoms with Gasteiger partial charge in [0.15, 0.2) is 0 Å². The molecule has 5 rings (SSSR count). The summed E-state index contributed by atoms with van der Waals surface area (Å²) >= 11 is 0. The zero-order chi connectivity index (χ0) is 22.6. The molecule has 33 heavy (non-hydrogen) atoms. The minimum Gasteiger partial charge on any atom is -0.488 e. The number of halogens is 1. The van der Waals surface area contributed by atoms with E-state index in [2.05, 4.69) is 37.3 Å². The monoisotopic (exact) mass is 453 g/mol. The van der Waals surface area contributed by atoms with Crippen LogP contribution in [-0.2, 0) is 4.74 Å². The van der Waals surface area contributed by atoms with Crippen LogP contribution < -0.4 is 15.0 Å². The normalized spacial score (nSPS) is 22.3. The summed E-state index contributed by atoms with van der Waals surface area (Å²) in [6.07, 6.45) is 5.80. The predicted molar refractivity (Wildman–Crippen MR) is 122 cm³/mol. The standard InChI is InChI=1S/C24H28FN5O3/c25-22-3-1-2-19(29-22)24(31)28-16-4-6-18(7-5-16)33-21-15-17(30-10-12-32-13-11-30)14-20-23(21)27-9-8-26-20/h1-3,8-9,14-16,18,24,28,31H,4-7,10-13H2. The maximum atomic E-state index is 13.3. The molecule has 1 atom stereocenters. The first-order valence-electron chi connectivity index (χ1n) is 11.5. The Morgan fingerprint density at radius 2 is 1.88 bits per heavy atom. The first kappa shape index (κ1) is 21.9. The van der Waals surface area contributed by atoms with Gasteiger partial charge in [-0.1, -0.05) is 6.07 Å². The Morgan fingerprint density at radius 3 is 2.67 bits per heavy atom. The lowest BCUT2D eigenvalue weighted by Crippen LogP contribution is -2.38. The summed E-state index contributed by atoms with van der Waals surface area (Å²) in [6, 6.07) is 8.66. The fourth-order valence-electron chi connectivity index (χ4n) is 4.53. The highest BCUT2D eigenvalue weighted by Crippen LogP contribution is 2.33. The Morgan fingerprint density at radius 1 is 1.09 bits per heavy atom. The van der Waals surface area contributed by atoms with E-state index in [1.54, 1.807) is 24.5 Å². The number of fused-ring (bicyclic) bond motifs is 1. The second kappa shape index (κ2) is 9.94. The number of morpholine rings is 1. The Bertz CT molecular complexity index is 1090. The molecule has 0 bridgehead atoms. The molecule has 1 aromatic carbocycles. The van der Waals surface area contributed by atoms with Crippen LogP contribution in [0.15, 0.2) is 42.7 Å². The minimum absolute atomic E-state index is 0.0534. The van der Waals surface area contributed by atoms with Crippen LogP contribution >= 0.6 is 0 Å². The van der Waals surface area contributed by atoms with Gasteiger partial charge in [0.1, 0.15) is 17.5 Å². The summed E-state index contributed by atoms with van der Waals surface area (Å²) in [5, 5.41) is 13.5. The molecule has 3 heterocycles. The van der Waals surface area contributed by atoms with Crippen LogP contribution in [0.1, 0.15) is 37.6 Å². The zero-order valence-corrected chi connectivity index (χ0v) is 18.4.